The van der Waals surface area contributed by atoms with Crippen molar-refractivity contribution in [2.75, 3.05) is 20.8 Å². The fraction of sp³-hybridized carbons (Fsp3) is 0.273. The minimum Gasteiger partial charge on any atom is -0.481 e. The van der Waals surface area contributed by atoms with Gasteiger partial charge in [0, 0.05) is 12.7 Å². The van der Waals surface area contributed by atoms with Crippen molar-refractivity contribution in [3.63, 3.8) is 0 Å². The molecule has 140 valence electrons. The number of pyridine rings is 1. The van der Waals surface area contributed by atoms with Crippen LogP contribution in [0.2, 0.25) is 0 Å². The number of esters is 1. The second-order valence-electron chi connectivity index (χ2n) is 6.27. The van der Waals surface area contributed by atoms with Gasteiger partial charge in [0.2, 0.25) is 5.88 Å². The van der Waals surface area contributed by atoms with Gasteiger partial charge in [0.25, 0.3) is 0 Å². The van der Waals surface area contributed by atoms with Gasteiger partial charge in [-0.2, -0.15) is 0 Å². The normalized spacial score (nSPS) is 13.2. The van der Waals surface area contributed by atoms with E-state index in [1.54, 1.807) is 19.9 Å². The van der Waals surface area contributed by atoms with Crippen LogP contribution in [0.1, 0.15) is 19.4 Å². The maximum absolute atomic E-state index is 12.4. The predicted molar refractivity (Wildman–Crippen MR) is 105 cm³/mol. The molecule has 0 amide bonds. The van der Waals surface area contributed by atoms with Crippen LogP contribution < -0.4 is 4.74 Å². The summed E-state index contributed by atoms with van der Waals surface area (Å²) in [7, 11) is 2.99. The number of hydrogen-bond acceptors (Lipinski definition) is 5. The van der Waals surface area contributed by atoms with E-state index in [-0.39, 0.29) is 6.61 Å². The van der Waals surface area contributed by atoms with Crippen LogP contribution in [-0.4, -0.2) is 31.8 Å². The number of rotatable bonds is 6. The molecule has 0 bridgehead atoms. The van der Waals surface area contributed by atoms with Crippen molar-refractivity contribution in [2.24, 2.45) is 0 Å². The average Bonchev–Trinajstić information content (AvgIpc) is 2.72. The highest BCUT2D eigenvalue weighted by molar-refractivity contribution is 5.87. The molecular weight excluding hydrogens is 342 g/mol. The van der Waals surface area contributed by atoms with E-state index in [2.05, 4.69) is 29.2 Å². The number of ether oxygens (including phenoxy) is 3. The lowest BCUT2D eigenvalue weighted by atomic mass is 9.95. The fourth-order valence-corrected chi connectivity index (χ4v) is 3.04. The summed E-state index contributed by atoms with van der Waals surface area (Å²) < 4.78 is 16.1. The van der Waals surface area contributed by atoms with Gasteiger partial charge in [-0.15, -0.1) is 0 Å². The summed E-state index contributed by atoms with van der Waals surface area (Å²) in [5, 5.41) is 2.30. The lowest BCUT2D eigenvalue weighted by Crippen LogP contribution is -2.37. The molecule has 1 atom stereocenters. The summed E-state index contributed by atoms with van der Waals surface area (Å²) in [5.74, 6) is -0.149. The number of benzene rings is 2. The van der Waals surface area contributed by atoms with Crippen LogP contribution in [0, 0.1) is 0 Å². The van der Waals surface area contributed by atoms with E-state index in [0.717, 1.165) is 16.6 Å². The zero-order valence-electron chi connectivity index (χ0n) is 16.0. The minimum atomic E-state index is -1.30. The van der Waals surface area contributed by atoms with Gasteiger partial charge in [-0.25, -0.2) is 9.78 Å². The third-order valence-electron chi connectivity index (χ3n) is 4.69. The van der Waals surface area contributed by atoms with E-state index < -0.39 is 11.6 Å². The first-order valence-corrected chi connectivity index (χ1v) is 8.80. The molecule has 1 aromatic heterocycles. The quantitative estimate of drug-likeness (QED) is 0.608. The first-order valence-electron chi connectivity index (χ1n) is 8.80. The van der Waals surface area contributed by atoms with Gasteiger partial charge in [0.05, 0.1) is 25.0 Å². The molecule has 0 fully saturated rings. The van der Waals surface area contributed by atoms with Crippen molar-refractivity contribution < 1.29 is 19.0 Å². The van der Waals surface area contributed by atoms with E-state index in [4.69, 9.17) is 14.2 Å². The first kappa shape index (κ1) is 18.9. The fourth-order valence-electron chi connectivity index (χ4n) is 3.04. The largest absolute Gasteiger partial charge is 0.481 e. The minimum absolute atomic E-state index is 0.267. The van der Waals surface area contributed by atoms with Crippen molar-refractivity contribution in [1.82, 2.24) is 4.98 Å². The lowest BCUT2D eigenvalue weighted by molar-refractivity contribution is -0.168. The zero-order valence-corrected chi connectivity index (χ0v) is 16.0. The smallest absolute Gasteiger partial charge is 0.342 e. The van der Waals surface area contributed by atoms with E-state index in [9.17, 15) is 4.79 Å². The number of hydrogen-bond donors (Lipinski definition) is 0. The van der Waals surface area contributed by atoms with Gasteiger partial charge in [0.1, 0.15) is 0 Å². The molecule has 0 saturated heterocycles. The number of fused-ring (bicyclic) bond motifs is 1. The number of methoxy groups -OCH3 is 2. The van der Waals surface area contributed by atoms with E-state index in [0.29, 0.717) is 11.4 Å². The Morgan fingerprint density at radius 2 is 1.78 bits per heavy atom. The molecule has 5 heteroatoms. The molecule has 3 aromatic rings. The molecule has 27 heavy (non-hydrogen) atoms. The van der Waals surface area contributed by atoms with E-state index >= 15 is 0 Å². The van der Waals surface area contributed by atoms with Crippen LogP contribution in [-0.2, 0) is 19.9 Å². The lowest BCUT2D eigenvalue weighted by Gasteiger charge is -2.27. The standard InChI is InChI=1S/C22H23NO4/c1-5-27-21(24)22(2,26-4)18-12-13-19(23-20(18)25-3)17-11-10-15-8-6-7-9-16(15)14-17/h6-14H,5H2,1-4H3. The van der Waals surface area contributed by atoms with Gasteiger partial charge >= 0.3 is 5.97 Å². The Balaban J connectivity index is 2.06. The van der Waals surface area contributed by atoms with Crippen LogP contribution in [0.5, 0.6) is 5.88 Å². The molecule has 1 unspecified atom stereocenters. The maximum Gasteiger partial charge on any atom is 0.342 e. The average molecular weight is 365 g/mol. The summed E-state index contributed by atoms with van der Waals surface area (Å²) in [6.45, 7) is 3.68. The molecule has 0 aliphatic heterocycles. The molecule has 1 heterocycles. The highest BCUT2D eigenvalue weighted by Gasteiger charge is 2.40. The summed E-state index contributed by atoms with van der Waals surface area (Å²) in [6.07, 6.45) is 0. The topological polar surface area (TPSA) is 57.7 Å². The Morgan fingerprint density at radius 3 is 2.44 bits per heavy atom. The Bertz CT molecular complexity index is 969. The molecule has 0 N–H and O–H groups in total. The van der Waals surface area contributed by atoms with Gasteiger partial charge in [-0.3, -0.25) is 0 Å². The SMILES string of the molecule is CCOC(=O)C(C)(OC)c1ccc(-c2ccc3ccccc3c2)nc1OC. The number of aromatic nitrogens is 1. The molecule has 0 saturated carbocycles. The van der Waals surface area contributed by atoms with Crippen LogP contribution >= 0.6 is 0 Å². The number of nitrogens with zero attached hydrogens (tertiary/aromatic N) is 1. The molecule has 2 aromatic carbocycles. The Hall–Kier alpha value is -2.92. The first-order chi connectivity index (χ1) is 13.0. The third kappa shape index (κ3) is 3.51. The summed E-state index contributed by atoms with van der Waals surface area (Å²) >= 11 is 0. The number of carbonyl (C=O) groups excluding carboxylic acids is 1. The molecular formula is C22H23NO4. The van der Waals surface area contributed by atoms with Crippen molar-refractivity contribution in [3.8, 4) is 17.1 Å². The zero-order chi connectivity index (χ0) is 19.4. The Morgan fingerprint density at radius 1 is 1.04 bits per heavy atom. The van der Waals surface area contributed by atoms with Gasteiger partial charge < -0.3 is 14.2 Å². The van der Waals surface area contributed by atoms with Crippen molar-refractivity contribution >= 4 is 16.7 Å². The van der Waals surface area contributed by atoms with E-state index in [1.807, 2.05) is 24.3 Å². The molecule has 5 nitrogen and oxygen atoms in total. The molecule has 0 spiro atoms. The highest BCUT2D eigenvalue weighted by atomic mass is 16.6. The Labute approximate surface area is 158 Å². The molecule has 0 aliphatic rings. The second-order valence-corrected chi connectivity index (χ2v) is 6.27. The van der Waals surface area contributed by atoms with Crippen molar-refractivity contribution in [3.05, 3.63) is 60.2 Å². The van der Waals surface area contributed by atoms with Gasteiger partial charge in [-0.05, 0) is 42.8 Å². The predicted octanol–water partition coefficient (Wildman–Crippen LogP) is 4.34. The van der Waals surface area contributed by atoms with Crippen molar-refractivity contribution in [2.45, 2.75) is 19.4 Å². The third-order valence-corrected chi connectivity index (χ3v) is 4.69. The maximum atomic E-state index is 12.4. The van der Waals surface area contributed by atoms with Crippen LogP contribution in [0.15, 0.2) is 54.6 Å². The van der Waals surface area contributed by atoms with Crippen LogP contribution in [0.25, 0.3) is 22.0 Å². The van der Waals surface area contributed by atoms with Crippen LogP contribution in [0.3, 0.4) is 0 Å². The molecule has 0 radical (unpaired) electrons. The monoisotopic (exact) mass is 365 g/mol. The number of carbonyl (C=O) groups is 1. The second kappa shape index (κ2) is 7.76. The summed E-state index contributed by atoms with van der Waals surface area (Å²) in [5.41, 5.74) is 0.948. The highest BCUT2D eigenvalue weighted by Crippen LogP contribution is 2.35. The summed E-state index contributed by atoms with van der Waals surface area (Å²) in [6, 6.07) is 18.0. The van der Waals surface area contributed by atoms with Gasteiger partial charge in [0.15, 0.2) is 5.60 Å². The molecule has 3 rings (SSSR count). The van der Waals surface area contributed by atoms with Crippen LogP contribution in [0.4, 0.5) is 0 Å². The van der Waals surface area contributed by atoms with E-state index in [1.165, 1.54) is 19.6 Å². The summed E-state index contributed by atoms with van der Waals surface area (Å²) in [4.78, 5) is 17.1. The molecule has 0 aliphatic carbocycles. The van der Waals surface area contributed by atoms with Crippen molar-refractivity contribution in [1.29, 1.82) is 0 Å². The van der Waals surface area contributed by atoms with Gasteiger partial charge in [-0.1, -0.05) is 36.4 Å². The Kier molecular flexibility index (Phi) is 5.42.